The maximum Gasteiger partial charge on any atom is 0.150 e. The van der Waals surface area contributed by atoms with Gasteiger partial charge in [0.1, 0.15) is 5.75 Å². The van der Waals surface area contributed by atoms with Gasteiger partial charge in [0.05, 0.1) is 5.69 Å². The van der Waals surface area contributed by atoms with Crippen molar-refractivity contribution in [2.75, 3.05) is 25.0 Å². The number of halogens is 1. The molecule has 1 saturated heterocycles. The van der Waals surface area contributed by atoms with Crippen LogP contribution in [0.4, 0.5) is 5.69 Å². The van der Waals surface area contributed by atoms with Gasteiger partial charge in [0.2, 0.25) is 0 Å². The van der Waals surface area contributed by atoms with Gasteiger partial charge in [-0.05, 0) is 63.3 Å². The molecule has 0 unspecified atom stereocenters. The Balaban J connectivity index is 1.74. The molecular weight excluding hydrogens is 308 g/mol. The van der Waals surface area contributed by atoms with Crippen molar-refractivity contribution in [3.8, 4) is 11.5 Å². The molecule has 4 heteroatoms. The van der Waals surface area contributed by atoms with Crippen LogP contribution in [0.25, 0.3) is 0 Å². The van der Waals surface area contributed by atoms with Crippen LogP contribution in [0.3, 0.4) is 0 Å². The zero-order chi connectivity index (χ0) is 15.8. The van der Waals surface area contributed by atoms with Crippen LogP contribution in [-0.4, -0.2) is 31.1 Å². The molecule has 0 bridgehead atoms. The van der Waals surface area contributed by atoms with Crippen molar-refractivity contribution in [3.63, 3.8) is 0 Å². The first-order chi connectivity index (χ1) is 11.2. The normalized spacial score (nSPS) is 18.8. The second kappa shape index (κ2) is 6.06. The number of anilines is 1. The smallest absolute Gasteiger partial charge is 0.150 e. The standard InChI is InChI=1S/C19H21ClN2O/c1-21-10-8-16(9-11-21)22-13-14-12-15(20)6-7-18(14)23-19-5-3-2-4-17(19)22/h2-7,12,16H,8-11,13H2,1H3. The minimum absolute atomic E-state index is 0.542. The van der Waals surface area contributed by atoms with Crippen molar-refractivity contribution < 1.29 is 4.74 Å². The Labute approximate surface area is 142 Å². The van der Waals surface area contributed by atoms with Crippen molar-refractivity contribution in [2.24, 2.45) is 0 Å². The molecule has 2 aromatic rings. The van der Waals surface area contributed by atoms with Gasteiger partial charge in [-0.15, -0.1) is 0 Å². The van der Waals surface area contributed by atoms with Gasteiger partial charge in [0.25, 0.3) is 0 Å². The summed E-state index contributed by atoms with van der Waals surface area (Å²) in [5.41, 5.74) is 2.35. The van der Waals surface area contributed by atoms with E-state index in [1.807, 2.05) is 24.3 Å². The second-order valence-corrected chi connectivity index (χ2v) is 6.92. The van der Waals surface area contributed by atoms with Gasteiger partial charge in [0, 0.05) is 23.2 Å². The first-order valence-electron chi connectivity index (χ1n) is 8.21. The van der Waals surface area contributed by atoms with Crippen molar-refractivity contribution in [2.45, 2.75) is 25.4 Å². The van der Waals surface area contributed by atoms with E-state index in [4.69, 9.17) is 16.3 Å². The van der Waals surface area contributed by atoms with Gasteiger partial charge in [-0.2, -0.15) is 0 Å². The molecule has 2 heterocycles. The Hall–Kier alpha value is -1.71. The van der Waals surface area contributed by atoms with E-state index >= 15 is 0 Å². The summed E-state index contributed by atoms with van der Waals surface area (Å²) in [5, 5.41) is 0.765. The molecule has 23 heavy (non-hydrogen) atoms. The molecule has 0 amide bonds. The van der Waals surface area contributed by atoms with Gasteiger partial charge in [-0.3, -0.25) is 0 Å². The molecule has 0 radical (unpaired) electrons. The molecule has 0 spiro atoms. The largest absolute Gasteiger partial charge is 0.455 e. The zero-order valence-electron chi connectivity index (χ0n) is 13.3. The number of para-hydroxylation sites is 2. The monoisotopic (exact) mass is 328 g/mol. The third-order valence-electron chi connectivity index (χ3n) is 4.89. The highest BCUT2D eigenvalue weighted by molar-refractivity contribution is 6.30. The van der Waals surface area contributed by atoms with E-state index in [1.54, 1.807) is 0 Å². The lowest BCUT2D eigenvalue weighted by atomic mass is 10.0. The maximum atomic E-state index is 6.21. The number of piperidine rings is 1. The van der Waals surface area contributed by atoms with E-state index in [9.17, 15) is 0 Å². The van der Waals surface area contributed by atoms with E-state index in [0.29, 0.717) is 6.04 Å². The summed E-state index contributed by atoms with van der Waals surface area (Å²) in [4.78, 5) is 4.91. The van der Waals surface area contributed by atoms with Crippen LogP contribution in [0, 0.1) is 0 Å². The first kappa shape index (κ1) is 14.9. The van der Waals surface area contributed by atoms with E-state index < -0.39 is 0 Å². The highest BCUT2D eigenvalue weighted by atomic mass is 35.5. The molecule has 4 rings (SSSR count). The summed E-state index contributed by atoms with van der Waals surface area (Å²) < 4.78 is 6.19. The molecule has 0 N–H and O–H groups in total. The number of fused-ring (bicyclic) bond motifs is 2. The molecule has 2 aromatic carbocycles. The number of hydrogen-bond donors (Lipinski definition) is 0. The quantitative estimate of drug-likeness (QED) is 0.764. The summed E-state index contributed by atoms with van der Waals surface area (Å²) in [7, 11) is 2.20. The molecule has 0 saturated carbocycles. The molecule has 1 fully saturated rings. The van der Waals surface area contributed by atoms with Crippen molar-refractivity contribution in [1.29, 1.82) is 0 Å². The van der Waals surface area contributed by atoms with Crippen LogP contribution in [0.5, 0.6) is 11.5 Å². The van der Waals surface area contributed by atoms with Crippen LogP contribution in [0.15, 0.2) is 42.5 Å². The van der Waals surface area contributed by atoms with Crippen LogP contribution in [-0.2, 0) is 6.54 Å². The van der Waals surface area contributed by atoms with Gasteiger partial charge in [0.15, 0.2) is 5.75 Å². The molecule has 2 aliphatic rings. The lowest BCUT2D eigenvalue weighted by Crippen LogP contribution is -2.43. The van der Waals surface area contributed by atoms with Crippen molar-refractivity contribution in [1.82, 2.24) is 4.90 Å². The van der Waals surface area contributed by atoms with E-state index in [2.05, 4.69) is 35.0 Å². The van der Waals surface area contributed by atoms with Crippen LogP contribution in [0.2, 0.25) is 5.02 Å². The summed E-state index contributed by atoms with van der Waals surface area (Å²) in [6.45, 7) is 3.14. The Kier molecular flexibility index (Phi) is 3.92. The van der Waals surface area contributed by atoms with Crippen LogP contribution < -0.4 is 9.64 Å². The van der Waals surface area contributed by atoms with Crippen molar-refractivity contribution >= 4 is 17.3 Å². The molecule has 120 valence electrons. The summed E-state index contributed by atoms with van der Waals surface area (Å²) >= 11 is 6.21. The lowest BCUT2D eigenvalue weighted by Gasteiger charge is -2.38. The third kappa shape index (κ3) is 2.91. The topological polar surface area (TPSA) is 15.7 Å². The van der Waals surface area contributed by atoms with E-state index in [-0.39, 0.29) is 0 Å². The zero-order valence-corrected chi connectivity index (χ0v) is 14.1. The Bertz CT molecular complexity index is 710. The average molecular weight is 329 g/mol. The predicted molar refractivity (Wildman–Crippen MR) is 94.7 cm³/mol. The molecule has 0 aliphatic carbocycles. The Morgan fingerprint density at radius 3 is 2.65 bits per heavy atom. The second-order valence-electron chi connectivity index (χ2n) is 6.48. The van der Waals surface area contributed by atoms with E-state index in [0.717, 1.165) is 41.7 Å². The Morgan fingerprint density at radius 2 is 1.83 bits per heavy atom. The molecule has 2 aliphatic heterocycles. The predicted octanol–water partition coefficient (Wildman–Crippen LogP) is 4.55. The van der Waals surface area contributed by atoms with Gasteiger partial charge < -0.3 is 14.5 Å². The fourth-order valence-corrected chi connectivity index (χ4v) is 3.77. The Morgan fingerprint density at radius 1 is 1.04 bits per heavy atom. The first-order valence-corrected chi connectivity index (χ1v) is 8.59. The minimum atomic E-state index is 0.542. The maximum absolute atomic E-state index is 6.21. The van der Waals surface area contributed by atoms with Crippen LogP contribution in [0.1, 0.15) is 18.4 Å². The number of ether oxygens (including phenoxy) is 1. The molecule has 0 atom stereocenters. The van der Waals surface area contributed by atoms with Crippen LogP contribution >= 0.6 is 11.6 Å². The van der Waals surface area contributed by atoms with Gasteiger partial charge in [-0.1, -0.05) is 23.7 Å². The average Bonchev–Trinajstić information content (AvgIpc) is 2.72. The summed E-state index contributed by atoms with van der Waals surface area (Å²) in [6, 6.07) is 14.8. The number of likely N-dealkylation sites (tertiary alicyclic amines) is 1. The van der Waals surface area contributed by atoms with E-state index in [1.165, 1.54) is 18.5 Å². The molecule has 3 nitrogen and oxygen atoms in total. The summed E-state index contributed by atoms with van der Waals surface area (Å²) in [5.74, 6) is 1.85. The highest BCUT2D eigenvalue weighted by Crippen LogP contribution is 2.41. The molecule has 0 aromatic heterocycles. The lowest BCUT2D eigenvalue weighted by molar-refractivity contribution is 0.249. The van der Waals surface area contributed by atoms with Gasteiger partial charge in [-0.25, -0.2) is 0 Å². The number of hydrogen-bond acceptors (Lipinski definition) is 3. The number of rotatable bonds is 1. The third-order valence-corrected chi connectivity index (χ3v) is 5.12. The fourth-order valence-electron chi connectivity index (χ4n) is 3.57. The van der Waals surface area contributed by atoms with Crippen molar-refractivity contribution in [3.05, 3.63) is 53.1 Å². The van der Waals surface area contributed by atoms with Gasteiger partial charge >= 0.3 is 0 Å². The summed E-state index contributed by atoms with van der Waals surface area (Å²) in [6.07, 6.45) is 2.36. The SMILES string of the molecule is CN1CCC(N2Cc3cc(Cl)ccc3Oc3ccccc32)CC1. The minimum Gasteiger partial charge on any atom is -0.455 e. The number of nitrogens with zero attached hydrogens (tertiary/aromatic N) is 2. The highest BCUT2D eigenvalue weighted by Gasteiger charge is 2.28. The fraction of sp³-hybridized carbons (Fsp3) is 0.368. The number of benzene rings is 2. The molecular formula is C19H21ClN2O.